The first-order valence-corrected chi connectivity index (χ1v) is 18.0. The quantitative estimate of drug-likeness (QED) is 0.226. The van der Waals surface area contributed by atoms with Crippen molar-refractivity contribution in [1.82, 2.24) is 39.8 Å². The monoisotopic (exact) mass is 688 g/mol. The third-order valence-corrected chi connectivity index (χ3v) is 11.0. The molecule has 0 spiro atoms. The first-order chi connectivity index (χ1) is 23.6. The summed E-state index contributed by atoms with van der Waals surface area (Å²) in [6.07, 6.45) is 12.4. The van der Waals surface area contributed by atoms with E-state index in [-0.39, 0.29) is 22.9 Å². The molecule has 50 heavy (non-hydrogen) atoms. The number of fused-ring (bicyclic) bond motifs is 2. The average molecular weight is 689 g/mol. The lowest BCUT2D eigenvalue weighted by Crippen LogP contribution is -2.50. The molecule has 12 nitrogen and oxygen atoms in total. The maximum Gasteiger partial charge on any atom is 0.257 e. The molecule has 2 saturated carbocycles. The molecule has 0 aromatic carbocycles. The molecular formula is C38H56N8O4. The summed E-state index contributed by atoms with van der Waals surface area (Å²) in [5.74, 6) is 0.681. The standard InChI is InChI=1S/2C19H28N4O2/c2*1-12-10-13(2)23-17(21-12)16(11-20-23)18(24)22-19(3,4)14-6-8-15(25-5)9-7-14/h2*10-11,14-15H,6-9H2,1-5H3,(H,22,24). The molecule has 0 bridgehead atoms. The summed E-state index contributed by atoms with van der Waals surface area (Å²) in [5.41, 5.74) is 5.47. The highest BCUT2D eigenvalue weighted by Crippen LogP contribution is 2.35. The number of ether oxygens (including phenoxy) is 2. The normalized spacial score (nSPS) is 21.5. The van der Waals surface area contributed by atoms with E-state index in [1.807, 2.05) is 39.8 Å². The zero-order valence-electron chi connectivity index (χ0n) is 31.6. The fourth-order valence-electron chi connectivity index (χ4n) is 7.83. The van der Waals surface area contributed by atoms with Gasteiger partial charge in [-0.3, -0.25) is 9.59 Å². The Morgan fingerprint density at radius 3 is 1.30 bits per heavy atom. The van der Waals surface area contributed by atoms with E-state index in [9.17, 15) is 9.59 Å². The summed E-state index contributed by atoms with van der Waals surface area (Å²) >= 11 is 0. The van der Waals surface area contributed by atoms with Crippen LogP contribution in [-0.2, 0) is 9.47 Å². The molecule has 2 N–H and O–H groups in total. The van der Waals surface area contributed by atoms with Gasteiger partial charge in [-0.05, 0) is 131 Å². The van der Waals surface area contributed by atoms with Gasteiger partial charge < -0.3 is 20.1 Å². The Bertz CT molecular complexity index is 1680. The lowest BCUT2D eigenvalue weighted by Gasteiger charge is -2.39. The maximum absolute atomic E-state index is 12.9. The number of hydrogen-bond acceptors (Lipinski definition) is 8. The SMILES string of the molecule is COC1CCC(C(C)(C)NC(=O)c2cnn3c(C)cc(C)nc23)CC1.COC1CCC(C(C)(C)NC(=O)c2cnn3c(C)cc(C)nc23)CC1. The number of amides is 2. The van der Waals surface area contributed by atoms with Gasteiger partial charge in [-0.1, -0.05) is 0 Å². The van der Waals surface area contributed by atoms with Crippen LogP contribution in [0, 0.1) is 39.5 Å². The number of aryl methyl sites for hydroxylation is 4. The van der Waals surface area contributed by atoms with Crippen LogP contribution in [0.5, 0.6) is 0 Å². The van der Waals surface area contributed by atoms with Gasteiger partial charge in [0, 0.05) is 48.1 Å². The van der Waals surface area contributed by atoms with Gasteiger partial charge in [0.25, 0.3) is 11.8 Å². The zero-order chi connectivity index (χ0) is 36.4. The van der Waals surface area contributed by atoms with Gasteiger partial charge in [-0.25, -0.2) is 19.0 Å². The fraction of sp³-hybridized carbons (Fsp3) is 0.632. The number of carbonyl (C=O) groups is 2. The van der Waals surface area contributed by atoms with Gasteiger partial charge in [0.2, 0.25) is 0 Å². The van der Waals surface area contributed by atoms with E-state index in [0.29, 0.717) is 46.5 Å². The predicted octanol–water partition coefficient (Wildman–Crippen LogP) is 6.12. The number of nitrogens with zero attached hydrogens (tertiary/aromatic N) is 6. The van der Waals surface area contributed by atoms with E-state index in [0.717, 1.165) is 74.1 Å². The van der Waals surface area contributed by atoms with Crippen LogP contribution < -0.4 is 10.6 Å². The zero-order valence-corrected chi connectivity index (χ0v) is 31.6. The van der Waals surface area contributed by atoms with Gasteiger partial charge in [0.05, 0.1) is 24.6 Å². The van der Waals surface area contributed by atoms with Crippen molar-refractivity contribution < 1.29 is 19.1 Å². The highest BCUT2D eigenvalue weighted by Gasteiger charge is 2.36. The molecular weight excluding hydrogens is 632 g/mol. The Kier molecular flexibility index (Phi) is 11.3. The van der Waals surface area contributed by atoms with E-state index in [4.69, 9.17) is 9.47 Å². The summed E-state index contributed by atoms with van der Waals surface area (Å²) in [5, 5.41) is 15.1. The molecule has 4 heterocycles. The van der Waals surface area contributed by atoms with Crippen molar-refractivity contribution in [2.45, 2.75) is 130 Å². The van der Waals surface area contributed by atoms with E-state index < -0.39 is 0 Å². The van der Waals surface area contributed by atoms with Crippen molar-refractivity contribution in [1.29, 1.82) is 0 Å². The molecule has 4 aromatic heterocycles. The summed E-state index contributed by atoms with van der Waals surface area (Å²) in [6, 6.07) is 3.92. The number of nitrogens with one attached hydrogen (secondary N) is 2. The van der Waals surface area contributed by atoms with Gasteiger partial charge in [-0.15, -0.1) is 0 Å². The van der Waals surface area contributed by atoms with E-state index in [1.54, 1.807) is 35.6 Å². The Labute approximate surface area is 296 Å². The summed E-state index contributed by atoms with van der Waals surface area (Å²) in [4.78, 5) is 34.8. The number of hydrogen-bond donors (Lipinski definition) is 2. The van der Waals surface area contributed by atoms with E-state index >= 15 is 0 Å². The Morgan fingerprint density at radius 1 is 0.640 bits per heavy atom. The summed E-state index contributed by atoms with van der Waals surface area (Å²) in [6.45, 7) is 16.2. The van der Waals surface area contributed by atoms with Gasteiger partial charge in [0.15, 0.2) is 11.3 Å². The minimum Gasteiger partial charge on any atom is -0.381 e. The van der Waals surface area contributed by atoms with Gasteiger partial charge >= 0.3 is 0 Å². The summed E-state index contributed by atoms with van der Waals surface area (Å²) < 4.78 is 14.4. The summed E-state index contributed by atoms with van der Waals surface area (Å²) in [7, 11) is 3.56. The van der Waals surface area contributed by atoms with Crippen LogP contribution in [0.15, 0.2) is 24.5 Å². The second-order valence-corrected chi connectivity index (χ2v) is 15.4. The molecule has 0 aliphatic heterocycles. The Balaban J connectivity index is 0.000000194. The van der Waals surface area contributed by atoms with Crippen LogP contribution >= 0.6 is 0 Å². The van der Waals surface area contributed by atoms with Crippen LogP contribution in [-0.4, -0.2) is 78.5 Å². The topological polar surface area (TPSA) is 137 Å². The van der Waals surface area contributed by atoms with Crippen molar-refractivity contribution in [3.05, 3.63) is 58.4 Å². The molecule has 272 valence electrons. The second-order valence-electron chi connectivity index (χ2n) is 15.4. The van der Waals surface area contributed by atoms with Gasteiger partial charge in [-0.2, -0.15) is 10.2 Å². The first-order valence-electron chi connectivity index (χ1n) is 18.0. The third kappa shape index (κ3) is 8.18. The Morgan fingerprint density at radius 2 is 0.980 bits per heavy atom. The second kappa shape index (κ2) is 15.1. The number of methoxy groups -OCH3 is 2. The largest absolute Gasteiger partial charge is 0.381 e. The first kappa shape index (κ1) is 37.4. The molecule has 2 fully saturated rings. The maximum atomic E-state index is 12.9. The number of carbonyl (C=O) groups excluding carboxylic acids is 2. The third-order valence-electron chi connectivity index (χ3n) is 11.0. The lowest BCUT2D eigenvalue weighted by molar-refractivity contribution is 0.0393. The van der Waals surface area contributed by atoms with Crippen LogP contribution in [0.3, 0.4) is 0 Å². The smallest absolute Gasteiger partial charge is 0.257 e. The van der Waals surface area contributed by atoms with Crippen LogP contribution in [0.2, 0.25) is 0 Å². The van der Waals surface area contributed by atoms with E-state index in [2.05, 4.69) is 58.5 Å². The molecule has 0 radical (unpaired) electrons. The predicted molar refractivity (Wildman–Crippen MR) is 194 cm³/mol. The van der Waals surface area contributed by atoms with Crippen LogP contribution in [0.1, 0.15) is 123 Å². The van der Waals surface area contributed by atoms with E-state index in [1.165, 1.54) is 0 Å². The van der Waals surface area contributed by atoms with Crippen molar-refractivity contribution in [2.24, 2.45) is 11.8 Å². The highest BCUT2D eigenvalue weighted by molar-refractivity contribution is 6.00. The highest BCUT2D eigenvalue weighted by atomic mass is 16.5. The lowest BCUT2D eigenvalue weighted by atomic mass is 9.75. The van der Waals surface area contributed by atoms with Gasteiger partial charge in [0.1, 0.15) is 11.1 Å². The van der Waals surface area contributed by atoms with Crippen LogP contribution in [0.25, 0.3) is 11.3 Å². The average Bonchev–Trinajstić information content (AvgIpc) is 3.70. The molecule has 6 rings (SSSR count). The fourth-order valence-corrected chi connectivity index (χ4v) is 7.83. The van der Waals surface area contributed by atoms with Crippen LogP contribution in [0.4, 0.5) is 0 Å². The minimum atomic E-state index is -0.275. The van der Waals surface area contributed by atoms with Crippen molar-refractivity contribution >= 4 is 23.1 Å². The molecule has 2 amide bonds. The molecule has 12 heteroatoms. The molecule has 0 unspecified atom stereocenters. The van der Waals surface area contributed by atoms with Crippen molar-refractivity contribution in [3.8, 4) is 0 Å². The van der Waals surface area contributed by atoms with Crippen molar-refractivity contribution in [3.63, 3.8) is 0 Å². The molecule has 2 aliphatic carbocycles. The van der Waals surface area contributed by atoms with Crippen molar-refractivity contribution in [2.75, 3.05) is 14.2 Å². The molecule has 0 saturated heterocycles. The molecule has 2 aliphatic rings. The Hall–Kier alpha value is -3.90. The molecule has 4 aromatic rings. The minimum absolute atomic E-state index is 0.105. The molecule has 0 atom stereocenters. The number of rotatable bonds is 8. The number of aromatic nitrogens is 6.